The van der Waals surface area contributed by atoms with E-state index >= 15 is 0 Å². The van der Waals surface area contributed by atoms with Crippen LogP contribution in [-0.2, 0) is 9.53 Å². The fourth-order valence-corrected chi connectivity index (χ4v) is 3.16. The normalized spacial score (nSPS) is 10.6. The van der Waals surface area contributed by atoms with E-state index in [2.05, 4.69) is 5.32 Å². The van der Waals surface area contributed by atoms with Gasteiger partial charge in [-0.3, -0.25) is 4.79 Å². The summed E-state index contributed by atoms with van der Waals surface area (Å²) in [6, 6.07) is 7.45. The third-order valence-electron chi connectivity index (χ3n) is 4.79. The molecule has 0 radical (unpaired) electrons. The Balaban J connectivity index is 1.90. The standard InChI is InChI=1S/C23H37NO4/c1-2-28-23(27)20-15-17-21(18-16-20)24-19-13-11-9-7-5-3-4-6-8-10-12-14-22(25)26/h15-18,24H,2-14,19H2,1H3,(H,25,26). The number of anilines is 1. The molecule has 0 spiro atoms. The lowest BCUT2D eigenvalue weighted by Gasteiger charge is -2.07. The number of carboxylic acid groups (broad SMARTS) is 1. The van der Waals surface area contributed by atoms with Crippen molar-refractivity contribution in [2.45, 2.75) is 84.0 Å². The maximum Gasteiger partial charge on any atom is 0.338 e. The van der Waals surface area contributed by atoms with Gasteiger partial charge >= 0.3 is 11.9 Å². The van der Waals surface area contributed by atoms with Gasteiger partial charge in [0.05, 0.1) is 12.2 Å². The largest absolute Gasteiger partial charge is 0.481 e. The average Bonchev–Trinajstić information content (AvgIpc) is 2.68. The van der Waals surface area contributed by atoms with Crippen molar-refractivity contribution in [1.82, 2.24) is 0 Å². The first-order valence-electron chi connectivity index (χ1n) is 10.9. The second-order valence-corrected chi connectivity index (χ2v) is 7.26. The maximum atomic E-state index is 11.6. The summed E-state index contributed by atoms with van der Waals surface area (Å²) >= 11 is 0. The molecule has 2 N–H and O–H groups in total. The van der Waals surface area contributed by atoms with Crippen LogP contribution in [-0.4, -0.2) is 30.2 Å². The van der Waals surface area contributed by atoms with Crippen LogP contribution >= 0.6 is 0 Å². The molecular formula is C23H37NO4. The molecule has 0 bridgehead atoms. The predicted molar refractivity (Wildman–Crippen MR) is 114 cm³/mol. The summed E-state index contributed by atoms with van der Waals surface area (Å²) in [5.41, 5.74) is 1.63. The quantitative estimate of drug-likeness (QED) is 0.250. The first kappa shape index (κ1) is 24.0. The summed E-state index contributed by atoms with van der Waals surface area (Å²) in [5, 5.41) is 12.0. The zero-order valence-corrected chi connectivity index (χ0v) is 17.4. The monoisotopic (exact) mass is 391 g/mol. The molecule has 0 aliphatic heterocycles. The summed E-state index contributed by atoms with van der Waals surface area (Å²) in [4.78, 5) is 22.0. The van der Waals surface area contributed by atoms with Gasteiger partial charge in [-0.15, -0.1) is 0 Å². The van der Waals surface area contributed by atoms with Crippen LogP contribution in [0.2, 0.25) is 0 Å². The Kier molecular flexibility index (Phi) is 13.7. The van der Waals surface area contributed by atoms with E-state index in [0.29, 0.717) is 18.6 Å². The van der Waals surface area contributed by atoms with Gasteiger partial charge in [0.2, 0.25) is 0 Å². The molecule has 0 atom stereocenters. The van der Waals surface area contributed by atoms with Crippen molar-refractivity contribution in [2.24, 2.45) is 0 Å². The number of esters is 1. The second kappa shape index (κ2) is 16.0. The molecule has 5 heteroatoms. The van der Waals surface area contributed by atoms with Crippen molar-refractivity contribution in [3.63, 3.8) is 0 Å². The number of aliphatic carboxylic acids is 1. The lowest BCUT2D eigenvalue weighted by molar-refractivity contribution is -0.137. The Morgan fingerprint density at radius 1 is 0.821 bits per heavy atom. The molecule has 1 aromatic rings. The van der Waals surface area contributed by atoms with Crippen LogP contribution in [0.25, 0.3) is 0 Å². The van der Waals surface area contributed by atoms with Gasteiger partial charge in [-0.1, -0.05) is 57.8 Å². The molecule has 1 rings (SSSR count). The molecule has 0 heterocycles. The van der Waals surface area contributed by atoms with E-state index in [4.69, 9.17) is 9.84 Å². The van der Waals surface area contributed by atoms with Crippen molar-refractivity contribution in [3.8, 4) is 0 Å². The number of ether oxygens (including phenoxy) is 1. The predicted octanol–water partition coefficient (Wildman–Crippen LogP) is 6.04. The summed E-state index contributed by atoms with van der Waals surface area (Å²) in [5.74, 6) is -0.950. The Hall–Kier alpha value is -2.04. The third kappa shape index (κ3) is 12.4. The molecule has 0 aliphatic rings. The fourth-order valence-electron chi connectivity index (χ4n) is 3.16. The number of hydrogen-bond acceptors (Lipinski definition) is 4. The van der Waals surface area contributed by atoms with Crippen molar-refractivity contribution < 1.29 is 19.4 Å². The topological polar surface area (TPSA) is 75.6 Å². The van der Waals surface area contributed by atoms with Crippen LogP contribution in [0.15, 0.2) is 24.3 Å². The molecule has 158 valence electrons. The first-order chi connectivity index (χ1) is 13.6. The van der Waals surface area contributed by atoms with Gasteiger partial charge in [-0.2, -0.15) is 0 Å². The number of unbranched alkanes of at least 4 members (excludes halogenated alkanes) is 10. The Morgan fingerprint density at radius 2 is 1.32 bits per heavy atom. The first-order valence-corrected chi connectivity index (χ1v) is 10.9. The molecule has 5 nitrogen and oxygen atoms in total. The molecule has 0 fully saturated rings. The van der Waals surface area contributed by atoms with Crippen molar-refractivity contribution in [3.05, 3.63) is 29.8 Å². The van der Waals surface area contributed by atoms with Crippen LogP contribution in [0.3, 0.4) is 0 Å². The molecular weight excluding hydrogens is 354 g/mol. The van der Waals surface area contributed by atoms with Crippen LogP contribution < -0.4 is 5.32 Å². The van der Waals surface area contributed by atoms with Gasteiger partial charge in [0.25, 0.3) is 0 Å². The van der Waals surface area contributed by atoms with Gasteiger partial charge in [-0.05, 0) is 44.0 Å². The Morgan fingerprint density at radius 3 is 1.82 bits per heavy atom. The number of nitrogens with one attached hydrogen (secondary N) is 1. The van der Waals surface area contributed by atoms with Crippen molar-refractivity contribution in [1.29, 1.82) is 0 Å². The van der Waals surface area contributed by atoms with Crippen molar-refractivity contribution >= 4 is 17.6 Å². The zero-order chi connectivity index (χ0) is 20.5. The van der Waals surface area contributed by atoms with E-state index in [0.717, 1.165) is 31.5 Å². The lowest BCUT2D eigenvalue weighted by atomic mass is 10.1. The smallest absolute Gasteiger partial charge is 0.338 e. The van der Waals surface area contributed by atoms with E-state index in [1.54, 1.807) is 19.1 Å². The highest BCUT2D eigenvalue weighted by molar-refractivity contribution is 5.89. The molecule has 0 unspecified atom stereocenters. The highest BCUT2D eigenvalue weighted by Gasteiger charge is 2.05. The van der Waals surface area contributed by atoms with Gasteiger partial charge < -0.3 is 15.2 Å². The minimum atomic E-state index is -0.679. The summed E-state index contributed by atoms with van der Waals surface area (Å²) < 4.78 is 4.98. The van der Waals surface area contributed by atoms with E-state index in [9.17, 15) is 9.59 Å². The molecule has 0 aliphatic carbocycles. The Labute approximate surface area is 169 Å². The fraction of sp³-hybridized carbons (Fsp3) is 0.652. The van der Waals surface area contributed by atoms with Crippen LogP contribution in [0.4, 0.5) is 5.69 Å². The Bertz CT molecular complexity index is 542. The van der Waals surface area contributed by atoms with Crippen molar-refractivity contribution in [2.75, 3.05) is 18.5 Å². The van der Waals surface area contributed by atoms with E-state index in [1.165, 1.54) is 51.4 Å². The minimum absolute atomic E-state index is 0.271. The molecule has 0 aromatic heterocycles. The number of carbonyl (C=O) groups is 2. The second-order valence-electron chi connectivity index (χ2n) is 7.26. The molecule has 0 saturated carbocycles. The summed E-state index contributed by atoms with van der Waals surface area (Å²) in [7, 11) is 0. The highest BCUT2D eigenvalue weighted by atomic mass is 16.5. The molecule has 0 amide bonds. The SMILES string of the molecule is CCOC(=O)c1ccc(NCCCCCCCCCCCCCC(=O)O)cc1. The van der Waals surface area contributed by atoms with Gasteiger partial charge in [0, 0.05) is 18.7 Å². The van der Waals surface area contributed by atoms with Crippen LogP contribution in [0.5, 0.6) is 0 Å². The van der Waals surface area contributed by atoms with Crippen LogP contribution in [0, 0.1) is 0 Å². The van der Waals surface area contributed by atoms with Gasteiger partial charge in [0.1, 0.15) is 0 Å². The van der Waals surface area contributed by atoms with E-state index < -0.39 is 5.97 Å². The van der Waals surface area contributed by atoms with Crippen LogP contribution in [0.1, 0.15) is 94.3 Å². The van der Waals surface area contributed by atoms with Gasteiger partial charge in [0.15, 0.2) is 0 Å². The molecule has 28 heavy (non-hydrogen) atoms. The van der Waals surface area contributed by atoms with E-state index in [-0.39, 0.29) is 5.97 Å². The average molecular weight is 392 g/mol. The number of carboxylic acids is 1. The third-order valence-corrected chi connectivity index (χ3v) is 4.79. The molecule has 1 aromatic carbocycles. The summed E-state index contributed by atoms with van der Waals surface area (Å²) in [6.07, 6.45) is 13.4. The number of benzene rings is 1. The number of hydrogen-bond donors (Lipinski definition) is 2. The highest BCUT2D eigenvalue weighted by Crippen LogP contribution is 2.13. The van der Waals surface area contributed by atoms with E-state index in [1.807, 2.05) is 12.1 Å². The summed E-state index contributed by atoms with van der Waals surface area (Å²) in [6.45, 7) is 3.16. The maximum absolute atomic E-state index is 11.6. The number of carbonyl (C=O) groups excluding carboxylic acids is 1. The molecule has 0 saturated heterocycles. The lowest BCUT2D eigenvalue weighted by Crippen LogP contribution is -2.05. The minimum Gasteiger partial charge on any atom is -0.481 e. The van der Waals surface area contributed by atoms with Gasteiger partial charge in [-0.25, -0.2) is 4.79 Å². The number of rotatable bonds is 17. The zero-order valence-electron chi connectivity index (χ0n) is 17.4.